The maximum Gasteiger partial charge on any atom is 0.311 e. The summed E-state index contributed by atoms with van der Waals surface area (Å²) < 4.78 is 17.7. The standard InChI is InChI=1S/C23H21N3O6/c1-26-14-16(13-24-26)23(29)25-17-3-5-18(6-4-17)32-22(28)9-7-19(27)15-2-8-20-21(12-15)31-11-10-30-20/h2-6,8,12-14H,7,9-11H2,1H3,(H,25,29). The SMILES string of the molecule is Cn1cc(C(=O)Nc2ccc(OC(=O)CCC(=O)c3ccc4c(c3)OCCO4)cc2)cn1. The highest BCUT2D eigenvalue weighted by Crippen LogP contribution is 2.31. The zero-order chi connectivity index (χ0) is 22.5. The summed E-state index contributed by atoms with van der Waals surface area (Å²) in [6.07, 6.45) is 3.03. The summed E-state index contributed by atoms with van der Waals surface area (Å²) in [6.45, 7) is 0.910. The van der Waals surface area contributed by atoms with Crippen molar-refractivity contribution in [2.45, 2.75) is 12.8 Å². The number of aromatic nitrogens is 2. The van der Waals surface area contributed by atoms with E-state index in [0.717, 1.165) is 0 Å². The van der Waals surface area contributed by atoms with Gasteiger partial charge in [-0.3, -0.25) is 19.1 Å². The zero-order valence-corrected chi connectivity index (χ0v) is 17.4. The van der Waals surface area contributed by atoms with Crippen LogP contribution in [0.25, 0.3) is 0 Å². The Kier molecular flexibility index (Phi) is 6.16. The summed E-state index contributed by atoms with van der Waals surface area (Å²) in [4.78, 5) is 36.7. The number of benzene rings is 2. The molecule has 0 atom stereocenters. The van der Waals surface area contributed by atoms with Gasteiger partial charge < -0.3 is 19.5 Å². The summed E-state index contributed by atoms with van der Waals surface area (Å²) in [5.41, 5.74) is 1.44. The number of hydrogen-bond acceptors (Lipinski definition) is 7. The summed E-state index contributed by atoms with van der Waals surface area (Å²) in [5, 5.41) is 6.69. The normalized spacial score (nSPS) is 12.2. The van der Waals surface area contributed by atoms with Gasteiger partial charge >= 0.3 is 5.97 Å². The molecule has 164 valence electrons. The Morgan fingerprint density at radius 3 is 2.47 bits per heavy atom. The fourth-order valence-electron chi connectivity index (χ4n) is 3.11. The Bertz CT molecular complexity index is 1150. The van der Waals surface area contributed by atoms with Crippen LogP contribution in [0.15, 0.2) is 54.9 Å². The van der Waals surface area contributed by atoms with Crippen LogP contribution in [0.3, 0.4) is 0 Å². The minimum Gasteiger partial charge on any atom is -0.486 e. The number of ether oxygens (including phenoxy) is 3. The third kappa shape index (κ3) is 5.12. The van der Waals surface area contributed by atoms with Gasteiger partial charge in [-0.25, -0.2) is 0 Å². The molecular formula is C23H21N3O6. The van der Waals surface area contributed by atoms with Crippen LogP contribution in [0, 0.1) is 0 Å². The average molecular weight is 435 g/mol. The van der Waals surface area contributed by atoms with Gasteiger partial charge in [-0.1, -0.05) is 0 Å². The summed E-state index contributed by atoms with van der Waals surface area (Å²) in [5.74, 6) is 0.449. The van der Waals surface area contributed by atoms with E-state index in [2.05, 4.69) is 10.4 Å². The molecule has 0 unspecified atom stereocenters. The third-order valence-corrected chi connectivity index (χ3v) is 4.73. The Balaban J connectivity index is 1.26. The van der Waals surface area contributed by atoms with Crippen molar-refractivity contribution in [1.82, 2.24) is 9.78 Å². The Morgan fingerprint density at radius 2 is 1.75 bits per heavy atom. The Hall–Kier alpha value is -4.14. The number of carbonyl (C=O) groups excluding carboxylic acids is 3. The van der Waals surface area contributed by atoms with E-state index >= 15 is 0 Å². The first-order valence-corrected chi connectivity index (χ1v) is 10.0. The smallest absolute Gasteiger partial charge is 0.311 e. The molecular weight excluding hydrogens is 414 g/mol. The Morgan fingerprint density at radius 1 is 1.00 bits per heavy atom. The van der Waals surface area contributed by atoms with Crippen molar-refractivity contribution in [2.24, 2.45) is 7.05 Å². The molecule has 1 aliphatic rings. The third-order valence-electron chi connectivity index (χ3n) is 4.73. The van der Waals surface area contributed by atoms with Gasteiger partial charge in [0.2, 0.25) is 0 Å². The van der Waals surface area contributed by atoms with Gasteiger partial charge in [0.15, 0.2) is 17.3 Å². The van der Waals surface area contributed by atoms with Gasteiger partial charge in [0, 0.05) is 30.9 Å². The molecule has 32 heavy (non-hydrogen) atoms. The van der Waals surface area contributed by atoms with E-state index < -0.39 is 5.97 Å². The van der Waals surface area contributed by atoms with Gasteiger partial charge in [-0.05, 0) is 42.5 Å². The monoisotopic (exact) mass is 435 g/mol. The second kappa shape index (κ2) is 9.34. The van der Waals surface area contributed by atoms with Crippen molar-refractivity contribution in [3.63, 3.8) is 0 Å². The van der Waals surface area contributed by atoms with Crippen LogP contribution in [-0.2, 0) is 11.8 Å². The molecule has 3 aromatic rings. The fraction of sp³-hybridized carbons (Fsp3) is 0.217. The number of nitrogens with zero attached hydrogens (tertiary/aromatic N) is 2. The summed E-state index contributed by atoms with van der Waals surface area (Å²) in [6, 6.07) is 11.3. The van der Waals surface area contributed by atoms with Gasteiger partial charge in [0.25, 0.3) is 5.91 Å². The minimum absolute atomic E-state index is 0.0116. The van der Waals surface area contributed by atoms with Crippen molar-refractivity contribution in [2.75, 3.05) is 18.5 Å². The minimum atomic E-state index is -0.525. The van der Waals surface area contributed by atoms with Crippen LogP contribution >= 0.6 is 0 Å². The zero-order valence-electron chi connectivity index (χ0n) is 17.4. The lowest BCUT2D eigenvalue weighted by Crippen LogP contribution is -2.16. The number of fused-ring (bicyclic) bond motifs is 1. The van der Waals surface area contributed by atoms with Gasteiger partial charge in [0.05, 0.1) is 18.2 Å². The van der Waals surface area contributed by atoms with Crippen molar-refractivity contribution in [1.29, 1.82) is 0 Å². The number of nitrogens with one attached hydrogen (secondary N) is 1. The molecule has 0 fully saturated rings. The number of amides is 1. The molecule has 2 aromatic carbocycles. The van der Waals surface area contributed by atoms with Gasteiger partial charge in [0.1, 0.15) is 19.0 Å². The number of esters is 1. The predicted molar refractivity (Wildman–Crippen MR) is 114 cm³/mol. The molecule has 1 aromatic heterocycles. The van der Waals surface area contributed by atoms with E-state index in [1.807, 2.05) is 0 Å². The molecule has 1 amide bonds. The van der Waals surface area contributed by atoms with E-state index in [1.165, 1.54) is 10.9 Å². The second-order valence-corrected chi connectivity index (χ2v) is 7.14. The molecule has 0 radical (unpaired) electrons. The summed E-state index contributed by atoms with van der Waals surface area (Å²) in [7, 11) is 1.73. The second-order valence-electron chi connectivity index (χ2n) is 7.14. The molecule has 0 saturated carbocycles. The van der Waals surface area contributed by atoms with Crippen molar-refractivity contribution in [3.8, 4) is 17.2 Å². The number of carbonyl (C=O) groups is 3. The number of hydrogen-bond donors (Lipinski definition) is 1. The van der Waals surface area contributed by atoms with Crippen LogP contribution in [0.1, 0.15) is 33.6 Å². The number of anilines is 1. The van der Waals surface area contributed by atoms with E-state index in [-0.39, 0.29) is 24.5 Å². The fourth-order valence-corrected chi connectivity index (χ4v) is 3.11. The highest BCUT2D eigenvalue weighted by atomic mass is 16.6. The topological polar surface area (TPSA) is 109 Å². The lowest BCUT2D eigenvalue weighted by Gasteiger charge is -2.18. The van der Waals surface area contributed by atoms with Crippen molar-refractivity contribution >= 4 is 23.3 Å². The van der Waals surface area contributed by atoms with Gasteiger partial charge in [-0.2, -0.15) is 5.10 Å². The number of rotatable bonds is 7. The van der Waals surface area contributed by atoms with Crippen LogP contribution in [0.4, 0.5) is 5.69 Å². The van der Waals surface area contributed by atoms with E-state index in [9.17, 15) is 14.4 Å². The van der Waals surface area contributed by atoms with Gasteiger partial charge in [-0.15, -0.1) is 0 Å². The molecule has 0 aliphatic carbocycles. The van der Waals surface area contributed by atoms with E-state index in [4.69, 9.17) is 14.2 Å². The summed E-state index contributed by atoms with van der Waals surface area (Å²) >= 11 is 0. The predicted octanol–water partition coefficient (Wildman–Crippen LogP) is 3.01. The molecule has 9 nitrogen and oxygen atoms in total. The Labute approximate surface area is 183 Å². The molecule has 1 aliphatic heterocycles. The quantitative estimate of drug-likeness (QED) is 0.345. The van der Waals surface area contributed by atoms with Crippen LogP contribution in [0.5, 0.6) is 17.2 Å². The first-order valence-electron chi connectivity index (χ1n) is 10.0. The van der Waals surface area contributed by atoms with E-state index in [0.29, 0.717) is 47.3 Å². The maximum atomic E-state index is 12.4. The molecule has 0 bridgehead atoms. The maximum absolute atomic E-state index is 12.4. The molecule has 0 saturated heterocycles. The number of ketones is 1. The first-order chi connectivity index (χ1) is 15.5. The van der Waals surface area contributed by atoms with E-state index in [1.54, 1.807) is 55.7 Å². The first kappa shape index (κ1) is 21.1. The highest BCUT2D eigenvalue weighted by Gasteiger charge is 2.16. The van der Waals surface area contributed by atoms with Crippen LogP contribution in [0.2, 0.25) is 0 Å². The number of aryl methyl sites for hydroxylation is 1. The average Bonchev–Trinajstić information content (AvgIpc) is 3.25. The van der Waals surface area contributed by atoms with Crippen molar-refractivity contribution in [3.05, 3.63) is 66.0 Å². The molecule has 9 heteroatoms. The largest absolute Gasteiger partial charge is 0.486 e. The van der Waals surface area contributed by atoms with Crippen LogP contribution < -0.4 is 19.5 Å². The lowest BCUT2D eigenvalue weighted by molar-refractivity contribution is -0.134. The number of Topliss-reactive ketones (excluding diaryl/α,β-unsaturated/α-hetero) is 1. The molecule has 4 rings (SSSR count). The van der Waals surface area contributed by atoms with Crippen LogP contribution in [-0.4, -0.2) is 40.7 Å². The van der Waals surface area contributed by atoms with Crippen molar-refractivity contribution < 1.29 is 28.6 Å². The molecule has 2 heterocycles. The molecule has 1 N–H and O–H groups in total. The lowest BCUT2D eigenvalue weighted by atomic mass is 10.1. The molecule has 0 spiro atoms. The highest BCUT2D eigenvalue weighted by molar-refractivity contribution is 6.04.